The normalized spacial score (nSPS) is 16.5. The lowest BCUT2D eigenvalue weighted by Crippen LogP contribution is -2.50. The third kappa shape index (κ3) is 7.69. The second-order valence-electron chi connectivity index (χ2n) is 10.2. The fraction of sp³-hybridized carbons (Fsp3) is 0.194. The number of carbonyl (C=O) groups is 7. The van der Waals surface area contributed by atoms with Gasteiger partial charge in [-0.2, -0.15) is 0 Å². The minimum absolute atomic E-state index is 0.0953. The van der Waals surface area contributed by atoms with Gasteiger partial charge in [0.15, 0.2) is 17.6 Å². The molecule has 0 spiro atoms. The molecular formula is C31H27N3O13. The summed E-state index contributed by atoms with van der Waals surface area (Å²) in [5.74, 6) is -18.4. The Balaban J connectivity index is 0.000000584. The molecule has 0 aliphatic heterocycles. The van der Waals surface area contributed by atoms with Gasteiger partial charge in [0, 0.05) is 11.4 Å². The van der Waals surface area contributed by atoms with E-state index in [1.165, 1.54) is 48.6 Å². The summed E-state index contributed by atoms with van der Waals surface area (Å²) in [4.78, 5) is 81.9. The largest absolute Gasteiger partial charge is 0.480 e. The van der Waals surface area contributed by atoms with Gasteiger partial charge in [-0.3, -0.25) is 38.9 Å². The van der Waals surface area contributed by atoms with E-state index in [9.17, 15) is 54.0 Å². The molecule has 244 valence electrons. The van der Waals surface area contributed by atoms with Crippen LogP contribution >= 0.6 is 0 Å². The Hall–Kier alpha value is -6.29. The minimum atomic E-state index is -2.24. The van der Waals surface area contributed by atoms with E-state index in [-0.39, 0.29) is 23.5 Å². The van der Waals surface area contributed by atoms with Gasteiger partial charge >= 0.3 is 35.8 Å². The number of hydrogen-bond donors (Lipinski definition) is 9. The molecule has 2 unspecified atom stereocenters. The molecule has 0 fully saturated rings. The van der Waals surface area contributed by atoms with Crippen molar-refractivity contribution in [2.24, 2.45) is 23.7 Å². The third-order valence-corrected chi connectivity index (χ3v) is 7.14. The van der Waals surface area contributed by atoms with Crippen molar-refractivity contribution in [1.29, 1.82) is 10.8 Å². The highest BCUT2D eigenvalue weighted by atomic mass is 16.4. The number of Topliss-reactive ketones (excluding diaryl/α,β-unsaturated/α-hetero) is 1. The summed E-state index contributed by atoms with van der Waals surface area (Å²) in [6.45, 7) is -0.626. The smallest absolute Gasteiger partial charge is 0.322 e. The first-order valence-corrected chi connectivity index (χ1v) is 13.5. The number of ketones is 1. The standard InChI is InChI=1S/C27H20N2O9.C4H7NO4/c28-15-9-11-5-1-3-7-13(11)17(21(24(31)32)25(33)34)19(15)23(30)20-16(29)10-12-6-2-4-8-14(12)18(20)22(26(35)36)27(37)38;6-3(7)1-5-2-4(8)9/h1-10,19-22,28-29H,(H,31,32)(H,33,34)(H,35,36)(H,37,38);5H,1-2H2,(H,6,7)(H,8,9). The number of benzene rings is 2. The van der Waals surface area contributed by atoms with Crippen molar-refractivity contribution >= 4 is 76.3 Å². The number of carbonyl (C=O) groups excluding carboxylic acids is 1. The van der Waals surface area contributed by atoms with Gasteiger partial charge in [-0.1, -0.05) is 48.5 Å². The lowest BCUT2D eigenvalue weighted by molar-refractivity contribution is -0.153. The molecule has 2 aliphatic carbocycles. The molecule has 0 aromatic heterocycles. The molecular weight excluding hydrogens is 622 g/mol. The molecule has 2 atom stereocenters. The van der Waals surface area contributed by atoms with Crippen LogP contribution in [0.3, 0.4) is 0 Å². The highest BCUT2D eigenvalue weighted by molar-refractivity contribution is 6.35. The lowest BCUT2D eigenvalue weighted by Gasteiger charge is -2.31. The molecule has 16 nitrogen and oxygen atoms in total. The monoisotopic (exact) mass is 649 g/mol. The van der Waals surface area contributed by atoms with Gasteiger partial charge in [0.05, 0.1) is 24.9 Å². The summed E-state index contributed by atoms with van der Waals surface area (Å²) in [5, 5.41) is 75.2. The van der Waals surface area contributed by atoms with Crippen LogP contribution < -0.4 is 26.2 Å². The third-order valence-electron chi connectivity index (χ3n) is 7.14. The van der Waals surface area contributed by atoms with E-state index in [1.54, 1.807) is 12.1 Å². The van der Waals surface area contributed by atoms with E-state index in [4.69, 9.17) is 21.0 Å². The number of aliphatic carboxylic acids is 6. The maximum Gasteiger partial charge on any atom is 0.322 e. The van der Waals surface area contributed by atoms with Gasteiger partial charge in [-0.25, -0.2) is 0 Å². The van der Waals surface area contributed by atoms with Crippen LogP contribution in [0.4, 0.5) is 0 Å². The highest BCUT2D eigenvalue weighted by Crippen LogP contribution is 2.34. The van der Waals surface area contributed by atoms with Crippen molar-refractivity contribution in [1.82, 2.24) is 5.32 Å². The number of nitrogens with one attached hydrogen (secondary N) is 3. The summed E-state index contributed by atoms with van der Waals surface area (Å²) in [6, 6.07) is 12.0. The van der Waals surface area contributed by atoms with Crippen LogP contribution in [0.25, 0.3) is 23.3 Å². The summed E-state index contributed by atoms with van der Waals surface area (Å²) < 4.78 is 0. The van der Waals surface area contributed by atoms with E-state index in [0.717, 1.165) is 0 Å². The maximum absolute atomic E-state index is 14.2. The Kier molecular flexibility index (Phi) is 11.0. The minimum Gasteiger partial charge on any atom is -0.480 e. The van der Waals surface area contributed by atoms with Crippen molar-refractivity contribution < 1.29 is 64.2 Å². The van der Waals surface area contributed by atoms with E-state index >= 15 is 0 Å². The molecule has 0 saturated carbocycles. The van der Waals surface area contributed by atoms with Gasteiger partial charge in [-0.05, 0) is 44.2 Å². The predicted octanol–water partition coefficient (Wildman–Crippen LogP) is -2.57. The molecule has 2 aromatic rings. The zero-order valence-electron chi connectivity index (χ0n) is 24.0. The van der Waals surface area contributed by atoms with Crippen LogP contribution in [0.1, 0.15) is 0 Å². The predicted molar refractivity (Wildman–Crippen MR) is 160 cm³/mol. The van der Waals surface area contributed by atoms with Crippen molar-refractivity contribution in [3.63, 3.8) is 0 Å². The average Bonchev–Trinajstić information content (AvgIpc) is 2.96. The quantitative estimate of drug-likeness (QED) is 0.107. The van der Waals surface area contributed by atoms with Crippen molar-refractivity contribution in [3.05, 3.63) is 69.4 Å². The van der Waals surface area contributed by atoms with Crippen LogP contribution in [0.15, 0.2) is 48.5 Å². The Morgan fingerprint density at radius 1 is 0.574 bits per heavy atom. The molecule has 0 bridgehead atoms. The molecule has 0 radical (unpaired) electrons. The zero-order chi connectivity index (χ0) is 35.2. The number of rotatable bonds is 12. The topological polar surface area (TPSA) is 301 Å². The Morgan fingerprint density at radius 3 is 1.19 bits per heavy atom. The number of carboxylic acid groups (broad SMARTS) is 6. The SMILES string of the molecule is N=C1C=c2ccccc2=C(C(C(=O)O)C(=O)O)C1C(=O)C1C(=N)C=c2ccccc2=C1C(C(=O)O)C(=O)O.O=C(O)CNCC(=O)O. The molecule has 4 rings (SSSR count). The zero-order valence-corrected chi connectivity index (χ0v) is 24.0. The van der Waals surface area contributed by atoms with Gasteiger partial charge in [0.25, 0.3) is 0 Å². The van der Waals surface area contributed by atoms with Crippen molar-refractivity contribution in [3.8, 4) is 0 Å². The molecule has 47 heavy (non-hydrogen) atoms. The van der Waals surface area contributed by atoms with Crippen LogP contribution in [-0.4, -0.2) is 96.8 Å². The van der Waals surface area contributed by atoms with Gasteiger partial charge in [0.2, 0.25) is 0 Å². The molecule has 16 heteroatoms. The second kappa shape index (κ2) is 14.7. The van der Waals surface area contributed by atoms with Crippen molar-refractivity contribution in [2.45, 2.75) is 0 Å². The average molecular weight is 650 g/mol. The second-order valence-corrected chi connectivity index (χ2v) is 10.2. The lowest BCUT2D eigenvalue weighted by atomic mass is 9.69. The first kappa shape index (κ1) is 35.2. The van der Waals surface area contributed by atoms with E-state index in [0.29, 0.717) is 10.4 Å². The number of carboxylic acids is 6. The molecule has 2 aliphatic rings. The molecule has 2 aromatic carbocycles. The Labute approximate surface area is 262 Å². The van der Waals surface area contributed by atoms with Crippen LogP contribution in [0.5, 0.6) is 0 Å². The highest BCUT2D eigenvalue weighted by Gasteiger charge is 2.47. The van der Waals surface area contributed by atoms with Crippen LogP contribution in [-0.2, 0) is 33.6 Å². The molecule has 0 heterocycles. The Bertz CT molecular complexity index is 1810. The maximum atomic E-state index is 14.2. The Morgan fingerprint density at radius 2 is 0.894 bits per heavy atom. The van der Waals surface area contributed by atoms with E-state index in [2.05, 4.69) is 5.32 Å². The van der Waals surface area contributed by atoms with Crippen LogP contribution in [0.2, 0.25) is 0 Å². The van der Waals surface area contributed by atoms with Gasteiger partial charge in [-0.15, -0.1) is 0 Å². The summed E-state index contributed by atoms with van der Waals surface area (Å²) in [7, 11) is 0. The summed E-state index contributed by atoms with van der Waals surface area (Å²) >= 11 is 0. The first-order valence-electron chi connectivity index (χ1n) is 13.5. The van der Waals surface area contributed by atoms with Gasteiger partial charge < -0.3 is 41.5 Å². The molecule has 0 saturated heterocycles. The number of hydrogen-bond acceptors (Lipinski definition) is 10. The fourth-order valence-electron chi connectivity index (χ4n) is 5.36. The molecule has 9 N–H and O–H groups in total. The number of fused-ring (bicyclic) bond motifs is 2. The summed E-state index contributed by atoms with van der Waals surface area (Å²) in [6.07, 6.45) is 2.52. The van der Waals surface area contributed by atoms with E-state index in [1.807, 2.05) is 0 Å². The van der Waals surface area contributed by atoms with Crippen molar-refractivity contribution in [2.75, 3.05) is 13.1 Å². The van der Waals surface area contributed by atoms with Crippen LogP contribution in [0, 0.1) is 34.5 Å². The van der Waals surface area contributed by atoms with E-state index < -0.39 is 87.8 Å². The molecule has 0 amide bonds. The summed E-state index contributed by atoms with van der Waals surface area (Å²) in [5.41, 5.74) is -1.79. The fourth-order valence-corrected chi connectivity index (χ4v) is 5.36. The van der Waals surface area contributed by atoms with Gasteiger partial charge in [0.1, 0.15) is 0 Å². The first-order chi connectivity index (χ1) is 22.1.